The summed E-state index contributed by atoms with van der Waals surface area (Å²) in [6.07, 6.45) is 4.85. The van der Waals surface area contributed by atoms with E-state index in [1.54, 1.807) is 16.8 Å². The Morgan fingerprint density at radius 1 is 1.11 bits per heavy atom. The zero-order valence-electron chi connectivity index (χ0n) is 20.8. The molecular formula is C28H32N4O4. The van der Waals surface area contributed by atoms with Crippen molar-refractivity contribution in [1.82, 2.24) is 19.9 Å². The molecule has 2 aromatic carbocycles. The van der Waals surface area contributed by atoms with Crippen molar-refractivity contribution in [2.24, 2.45) is 7.05 Å². The molecule has 1 aliphatic rings. The first-order valence-electron chi connectivity index (χ1n) is 12.3. The van der Waals surface area contributed by atoms with Gasteiger partial charge in [0.25, 0.3) is 0 Å². The van der Waals surface area contributed by atoms with Crippen LogP contribution in [0.5, 0.6) is 5.75 Å². The number of rotatable bonds is 10. The van der Waals surface area contributed by atoms with Crippen LogP contribution in [0, 0.1) is 0 Å². The molecule has 0 aliphatic heterocycles. The van der Waals surface area contributed by atoms with Gasteiger partial charge in [-0.2, -0.15) is 0 Å². The maximum absolute atomic E-state index is 11.9. The van der Waals surface area contributed by atoms with Gasteiger partial charge >= 0.3 is 5.97 Å². The number of hydrogen-bond donors (Lipinski definition) is 1. The number of ether oxygens (including phenoxy) is 1. The zero-order chi connectivity index (χ0) is 25.5. The molecule has 8 heteroatoms. The third-order valence-electron chi connectivity index (χ3n) is 6.87. The Kier molecular flexibility index (Phi) is 7.86. The summed E-state index contributed by atoms with van der Waals surface area (Å²) in [4.78, 5) is 25.6. The van der Waals surface area contributed by atoms with Gasteiger partial charge in [0, 0.05) is 32.6 Å². The Morgan fingerprint density at radius 3 is 2.44 bits per heavy atom. The van der Waals surface area contributed by atoms with Crippen molar-refractivity contribution in [3.05, 3.63) is 71.6 Å². The van der Waals surface area contributed by atoms with E-state index in [-0.39, 0.29) is 0 Å². The minimum atomic E-state index is -1.15. The van der Waals surface area contributed by atoms with Crippen LogP contribution in [0.15, 0.2) is 60.3 Å². The Balaban J connectivity index is 1.45. The van der Waals surface area contributed by atoms with Gasteiger partial charge in [0.1, 0.15) is 17.4 Å². The predicted molar refractivity (Wildman–Crippen MR) is 136 cm³/mol. The molecule has 1 N–H and O–H groups in total. The molecule has 0 saturated heterocycles. The molecule has 4 rings (SSSR count). The number of nitrogens with zero attached hydrogens (tertiary/aromatic N) is 4. The highest BCUT2D eigenvalue weighted by Crippen LogP contribution is 2.34. The van der Waals surface area contributed by atoms with Gasteiger partial charge in [0.05, 0.1) is 11.4 Å². The highest BCUT2D eigenvalue weighted by atomic mass is 16.5. The number of hydrogen-bond acceptors (Lipinski definition) is 6. The molecule has 0 spiro atoms. The second-order valence-electron chi connectivity index (χ2n) is 9.39. The van der Waals surface area contributed by atoms with Crippen LogP contribution >= 0.6 is 0 Å². The van der Waals surface area contributed by atoms with Gasteiger partial charge in [-0.15, -0.1) is 5.10 Å². The Hall–Kier alpha value is -3.90. The van der Waals surface area contributed by atoms with Gasteiger partial charge < -0.3 is 14.7 Å². The largest absolute Gasteiger partial charge is 0.478 e. The molecule has 188 valence electrons. The van der Waals surface area contributed by atoms with Crippen molar-refractivity contribution in [2.75, 3.05) is 7.05 Å². The van der Waals surface area contributed by atoms with Gasteiger partial charge in [-0.25, -0.2) is 9.59 Å². The maximum atomic E-state index is 11.9. The van der Waals surface area contributed by atoms with E-state index in [9.17, 15) is 14.7 Å². The summed E-state index contributed by atoms with van der Waals surface area (Å²) >= 11 is 0. The molecule has 1 aliphatic carbocycles. The van der Waals surface area contributed by atoms with Gasteiger partial charge in [0.2, 0.25) is 5.60 Å². The standard InChI is InChI=1S/C28H32N4O4/c1-31(19-21-9-5-3-6-10-21)23(20-33)13-16-25-26(29-30-32(25)2)22-11-14-24(15-12-22)36-28(27(34)35)17-7-4-8-18-28/h3,5-6,9-12,14-15H,4,7-8,13,16-19H2,1-2H3,(H,34,35). The summed E-state index contributed by atoms with van der Waals surface area (Å²) < 4.78 is 7.73. The number of aromatic nitrogens is 3. The van der Waals surface area contributed by atoms with E-state index >= 15 is 0 Å². The summed E-state index contributed by atoms with van der Waals surface area (Å²) in [6, 6.07) is 17.3. The fourth-order valence-corrected chi connectivity index (χ4v) is 4.78. The van der Waals surface area contributed by atoms with Crippen LogP contribution in [0.25, 0.3) is 11.3 Å². The van der Waals surface area contributed by atoms with Crippen molar-refractivity contribution in [3.8, 4) is 17.0 Å². The summed E-state index contributed by atoms with van der Waals surface area (Å²) in [5, 5.41) is 18.3. The second kappa shape index (κ2) is 11.2. The molecule has 36 heavy (non-hydrogen) atoms. The van der Waals surface area contributed by atoms with E-state index in [0.717, 1.165) is 41.8 Å². The van der Waals surface area contributed by atoms with Crippen LogP contribution in [-0.4, -0.2) is 49.6 Å². The van der Waals surface area contributed by atoms with Crippen molar-refractivity contribution in [3.63, 3.8) is 0 Å². The summed E-state index contributed by atoms with van der Waals surface area (Å²) in [6.45, 7) is 0.626. The smallest absolute Gasteiger partial charge is 0.348 e. The van der Waals surface area contributed by atoms with E-state index < -0.39 is 11.6 Å². The molecule has 1 fully saturated rings. The minimum Gasteiger partial charge on any atom is -0.478 e. The molecule has 8 nitrogen and oxygen atoms in total. The SMILES string of the molecule is CN(Cc1ccccc1)C(=C=O)CCc1c(-c2ccc(OC3(C(=O)O)CCCCC3)cc2)nnn1C. The zero-order valence-corrected chi connectivity index (χ0v) is 20.8. The van der Waals surface area contributed by atoms with Gasteiger partial charge in [-0.05, 0) is 61.9 Å². The number of aryl methyl sites for hydroxylation is 1. The fraction of sp³-hybridized carbons (Fsp3) is 0.393. The van der Waals surface area contributed by atoms with E-state index in [1.165, 1.54) is 0 Å². The molecule has 0 atom stereocenters. The topological polar surface area (TPSA) is 97.6 Å². The summed E-state index contributed by atoms with van der Waals surface area (Å²) in [7, 11) is 3.73. The Labute approximate surface area is 211 Å². The van der Waals surface area contributed by atoms with Crippen LogP contribution in [-0.2, 0) is 29.6 Å². The molecule has 0 radical (unpaired) electrons. The second-order valence-corrected chi connectivity index (χ2v) is 9.39. The summed E-state index contributed by atoms with van der Waals surface area (Å²) in [5.74, 6) is 1.73. The molecular weight excluding hydrogens is 456 g/mol. The lowest BCUT2D eigenvalue weighted by molar-refractivity contribution is -0.158. The van der Waals surface area contributed by atoms with E-state index in [4.69, 9.17) is 4.74 Å². The minimum absolute atomic E-state index is 0.503. The average molecular weight is 489 g/mol. The number of carboxylic acids is 1. The van der Waals surface area contributed by atoms with Crippen LogP contribution in [0.1, 0.15) is 49.8 Å². The van der Waals surface area contributed by atoms with Crippen LogP contribution in [0.4, 0.5) is 0 Å². The van der Waals surface area contributed by atoms with Crippen LogP contribution in [0.3, 0.4) is 0 Å². The molecule has 1 heterocycles. The van der Waals surface area contributed by atoms with Crippen LogP contribution < -0.4 is 4.74 Å². The van der Waals surface area contributed by atoms with Gasteiger partial charge in [0.15, 0.2) is 0 Å². The molecule has 0 bridgehead atoms. The van der Waals surface area contributed by atoms with Gasteiger partial charge in [-0.1, -0.05) is 42.0 Å². The monoisotopic (exact) mass is 488 g/mol. The molecule has 1 aromatic heterocycles. The maximum Gasteiger partial charge on any atom is 0.348 e. The highest BCUT2D eigenvalue weighted by molar-refractivity contribution is 5.78. The third-order valence-corrected chi connectivity index (χ3v) is 6.87. The van der Waals surface area contributed by atoms with Gasteiger partial charge in [-0.3, -0.25) is 4.68 Å². The van der Waals surface area contributed by atoms with E-state index in [1.807, 2.05) is 61.5 Å². The number of carbonyl (C=O) groups excluding carboxylic acids is 1. The van der Waals surface area contributed by atoms with E-state index in [2.05, 4.69) is 16.3 Å². The molecule has 0 unspecified atom stereocenters. The lowest BCUT2D eigenvalue weighted by atomic mass is 9.84. The van der Waals surface area contributed by atoms with Crippen LogP contribution in [0.2, 0.25) is 0 Å². The van der Waals surface area contributed by atoms with Crippen molar-refractivity contribution < 1.29 is 19.4 Å². The quantitative estimate of drug-likeness (QED) is 0.422. The first-order valence-corrected chi connectivity index (χ1v) is 12.3. The Bertz CT molecular complexity index is 1220. The number of carbonyl (C=O) groups is 1. The number of aliphatic carboxylic acids is 1. The molecule has 0 amide bonds. The van der Waals surface area contributed by atoms with E-state index in [0.29, 0.717) is 43.7 Å². The third kappa shape index (κ3) is 5.66. The normalized spacial score (nSPS) is 14.6. The first kappa shape index (κ1) is 25.2. The number of carboxylic acid groups (broad SMARTS) is 1. The van der Waals surface area contributed by atoms with Crippen molar-refractivity contribution in [1.29, 1.82) is 0 Å². The summed E-state index contributed by atoms with van der Waals surface area (Å²) in [5.41, 5.74) is 3.04. The molecule has 1 saturated carbocycles. The number of benzene rings is 2. The van der Waals surface area contributed by atoms with Crippen molar-refractivity contribution in [2.45, 2.75) is 57.1 Å². The predicted octanol–water partition coefficient (Wildman–Crippen LogP) is 4.43. The molecule has 3 aromatic rings. The lowest BCUT2D eigenvalue weighted by Gasteiger charge is -2.33. The average Bonchev–Trinajstić information content (AvgIpc) is 3.26. The highest BCUT2D eigenvalue weighted by Gasteiger charge is 2.42. The van der Waals surface area contributed by atoms with Crippen molar-refractivity contribution >= 4 is 11.9 Å². The Morgan fingerprint density at radius 2 is 1.81 bits per heavy atom. The lowest BCUT2D eigenvalue weighted by Crippen LogP contribution is -2.46. The fourth-order valence-electron chi connectivity index (χ4n) is 4.78. The number of allylic oxidation sites excluding steroid dienone is 1. The first-order chi connectivity index (χ1) is 17.4.